The van der Waals surface area contributed by atoms with Crippen molar-refractivity contribution in [3.63, 3.8) is 0 Å². The van der Waals surface area contributed by atoms with Gasteiger partial charge in [0.15, 0.2) is 0 Å². The average molecular weight is 481 g/mol. The van der Waals surface area contributed by atoms with Crippen molar-refractivity contribution in [1.82, 2.24) is 10.2 Å². The highest BCUT2D eigenvalue weighted by molar-refractivity contribution is 5.80. The number of rotatable bonds is 8. The van der Waals surface area contributed by atoms with Crippen molar-refractivity contribution in [1.29, 1.82) is 0 Å². The quantitative estimate of drug-likeness (QED) is 0.431. The highest BCUT2D eigenvalue weighted by Crippen LogP contribution is 2.32. The van der Waals surface area contributed by atoms with Gasteiger partial charge in [0, 0.05) is 12.6 Å². The molecule has 5 heteroatoms. The number of benzene rings is 3. The molecule has 184 valence electrons. The van der Waals surface area contributed by atoms with E-state index in [-0.39, 0.29) is 24.6 Å². The number of likely N-dealkylation sites (tertiary alicyclic amines) is 1. The minimum atomic E-state index is -0.292. The lowest BCUT2D eigenvalue weighted by Crippen LogP contribution is -2.36. The molecule has 2 aliphatic rings. The number of carbonyl (C=O) groups excluding carboxylic acids is 2. The molecule has 1 N–H and O–H groups in total. The van der Waals surface area contributed by atoms with Gasteiger partial charge >= 0.3 is 6.09 Å². The van der Waals surface area contributed by atoms with Crippen LogP contribution in [0.5, 0.6) is 0 Å². The molecule has 1 aliphatic heterocycles. The maximum atomic E-state index is 12.9. The summed E-state index contributed by atoms with van der Waals surface area (Å²) in [6.45, 7) is 5.31. The Kier molecular flexibility index (Phi) is 7.17. The van der Waals surface area contributed by atoms with Crippen molar-refractivity contribution in [3.05, 3.63) is 102 Å². The maximum absolute atomic E-state index is 12.9. The molecule has 1 saturated heterocycles. The zero-order valence-electron chi connectivity index (χ0n) is 20.5. The summed E-state index contributed by atoms with van der Waals surface area (Å²) in [6.07, 6.45) is 4.12. The van der Waals surface area contributed by atoms with E-state index >= 15 is 0 Å². The Balaban J connectivity index is 1.23. The molecule has 3 aromatic carbocycles. The lowest BCUT2D eigenvalue weighted by molar-refractivity contribution is -0.120. The Bertz CT molecular complexity index is 1230. The first kappa shape index (κ1) is 23.9. The van der Waals surface area contributed by atoms with E-state index in [0.29, 0.717) is 19.0 Å². The lowest BCUT2D eigenvalue weighted by atomic mass is 9.94. The van der Waals surface area contributed by atoms with Crippen LogP contribution < -0.4 is 5.32 Å². The summed E-state index contributed by atoms with van der Waals surface area (Å²) in [5, 5.41) is 3.04. The smallest absolute Gasteiger partial charge is 0.410 e. The predicted octanol–water partition coefficient (Wildman–Crippen LogP) is 5.99. The first-order valence-corrected chi connectivity index (χ1v) is 12.7. The van der Waals surface area contributed by atoms with E-state index in [1.807, 2.05) is 54.6 Å². The van der Waals surface area contributed by atoms with Crippen LogP contribution in [0.4, 0.5) is 4.79 Å². The normalized spacial score (nSPS) is 17.0. The first-order chi connectivity index (χ1) is 17.6. The Morgan fingerprint density at radius 3 is 2.42 bits per heavy atom. The zero-order chi connectivity index (χ0) is 24.9. The van der Waals surface area contributed by atoms with Crippen LogP contribution in [0.25, 0.3) is 16.7 Å². The van der Waals surface area contributed by atoms with Gasteiger partial charge in [-0.15, -0.1) is 0 Å². The number of nitrogens with one attached hydrogen (secondary N) is 1. The SMILES string of the molecule is C=C(c1cccc(-c2ccc(CC(=O)NC3CC3)cc2)c1)[C@@H]1CCCN1C(=O)OCc1ccccc1. The van der Waals surface area contributed by atoms with E-state index in [0.717, 1.165) is 59.1 Å². The van der Waals surface area contributed by atoms with Gasteiger partial charge in [-0.1, -0.05) is 79.4 Å². The molecule has 0 radical (unpaired) electrons. The van der Waals surface area contributed by atoms with Crippen LogP contribution in [0.3, 0.4) is 0 Å². The van der Waals surface area contributed by atoms with Gasteiger partial charge in [0.05, 0.1) is 12.5 Å². The molecule has 5 nitrogen and oxygen atoms in total. The van der Waals surface area contributed by atoms with Crippen LogP contribution in [0.15, 0.2) is 85.4 Å². The number of ether oxygens (including phenoxy) is 1. The summed E-state index contributed by atoms with van der Waals surface area (Å²) in [5.41, 5.74) is 6.10. The summed E-state index contributed by atoms with van der Waals surface area (Å²) in [5.74, 6) is 0.0898. The number of amides is 2. The highest BCUT2D eigenvalue weighted by atomic mass is 16.6. The second kappa shape index (κ2) is 10.8. The second-order valence-corrected chi connectivity index (χ2v) is 9.71. The summed E-state index contributed by atoms with van der Waals surface area (Å²) in [7, 11) is 0. The van der Waals surface area contributed by atoms with Gasteiger partial charge in [-0.3, -0.25) is 4.79 Å². The molecule has 1 atom stereocenters. The molecule has 5 rings (SSSR count). The van der Waals surface area contributed by atoms with Gasteiger partial charge in [-0.25, -0.2) is 4.79 Å². The molecule has 36 heavy (non-hydrogen) atoms. The molecular weight excluding hydrogens is 448 g/mol. The van der Waals surface area contributed by atoms with E-state index in [2.05, 4.69) is 36.2 Å². The number of carbonyl (C=O) groups is 2. The van der Waals surface area contributed by atoms with Gasteiger partial charge in [-0.2, -0.15) is 0 Å². The molecule has 2 amide bonds. The average Bonchev–Trinajstić information content (AvgIpc) is 3.58. The van der Waals surface area contributed by atoms with Crippen LogP contribution in [-0.2, 0) is 22.6 Å². The Morgan fingerprint density at radius 2 is 1.67 bits per heavy atom. The van der Waals surface area contributed by atoms with Gasteiger partial charge < -0.3 is 15.0 Å². The minimum Gasteiger partial charge on any atom is -0.445 e. The predicted molar refractivity (Wildman–Crippen MR) is 142 cm³/mol. The van der Waals surface area contributed by atoms with Crippen molar-refractivity contribution < 1.29 is 14.3 Å². The second-order valence-electron chi connectivity index (χ2n) is 9.71. The maximum Gasteiger partial charge on any atom is 0.410 e. The summed E-state index contributed by atoms with van der Waals surface area (Å²) in [4.78, 5) is 26.8. The molecule has 1 heterocycles. The molecule has 1 saturated carbocycles. The topological polar surface area (TPSA) is 58.6 Å². The van der Waals surface area contributed by atoms with E-state index in [1.54, 1.807) is 4.90 Å². The molecule has 3 aromatic rings. The summed E-state index contributed by atoms with van der Waals surface area (Å²) in [6, 6.07) is 26.5. The fourth-order valence-electron chi connectivity index (χ4n) is 4.75. The lowest BCUT2D eigenvalue weighted by Gasteiger charge is -2.26. The third-order valence-electron chi connectivity index (χ3n) is 6.92. The van der Waals surface area contributed by atoms with Crippen molar-refractivity contribution in [2.24, 2.45) is 0 Å². The van der Waals surface area contributed by atoms with Gasteiger partial charge in [-0.05, 0) is 65.1 Å². The van der Waals surface area contributed by atoms with Crippen molar-refractivity contribution in [2.45, 2.75) is 50.8 Å². The third kappa shape index (κ3) is 5.85. The van der Waals surface area contributed by atoms with E-state index in [9.17, 15) is 9.59 Å². The Hall–Kier alpha value is -3.86. The van der Waals surface area contributed by atoms with Gasteiger partial charge in [0.1, 0.15) is 6.61 Å². The Labute approximate surface area is 212 Å². The third-order valence-corrected chi connectivity index (χ3v) is 6.92. The Morgan fingerprint density at radius 1 is 0.889 bits per heavy atom. The standard InChI is InChI=1S/C31H32N2O3/c1-22(29-11-6-18-33(29)31(35)36-21-24-7-3-2-4-8-24)26-9-5-10-27(20-26)25-14-12-23(13-15-25)19-30(34)32-28-16-17-28/h2-5,7-10,12-15,20,28-29H,1,6,11,16-19,21H2,(H,32,34)/t29-/m0/s1. The molecule has 0 unspecified atom stereocenters. The van der Waals surface area contributed by atoms with E-state index < -0.39 is 0 Å². The van der Waals surface area contributed by atoms with Gasteiger partial charge in [0.2, 0.25) is 5.91 Å². The van der Waals surface area contributed by atoms with Crippen LogP contribution in [0, 0.1) is 0 Å². The zero-order valence-corrected chi connectivity index (χ0v) is 20.5. The van der Waals surface area contributed by atoms with Crippen LogP contribution in [0.2, 0.25) is 0 Å². The molecule has 0 bridgehead atoms. The monoisotopic (exact) mass is 480 g/mol. The van der Waals surface area contributed by atoms with E-state index in [4.69, 9.17) is 4.74 Å². The largest absolute Gasteiger partial charge is 0.445 e. The number of hydrogen-bond donors (Lipinski definition) is 1. The number of hydrogen-bond acceptors (Lipinski definition) is 3. The molecule has 2 fully saturated rings. The molecular formula is C31H32N2O3. The summed E-state index contributed by atoms with van der Waals surface area (Å²) < 4.78 is 5.60. The molecule has 1 aliphatic carbocycles. The fourth-order valence-corrected chi connectivity index (χ4v) is 4.75. The minimum absolute atomic E-state index is 0.0733. The van der Waals surface area contributed by atoms with Crippen LogP contribution in [-0.4, -0.2) is 35.5 Å². The number of nitrogens with zero attached hydrogens (tertiary/aromatic N) is 1. The molecule has 0 spiro atoms. The van der Waals surface area contributed by atoms with E-state index in [1.165, 1.54) is 0 Å². The molecule has 0 aromatic heterocycles. The van der Waals surface area contributed by atoms with Crippen molar-refractivity contribution >= 4 is 17.6 Å². The van der Waals surface area contributed by atoms with Crippen molar-refractivity contribution in [2.75, 3.05) is 6.54 Å². The highest BCUT2D eigenvalue weighted by Gasteiger charge is 2.32. The van der Waals surface area contributed by atoms with Crippen molar-refractivity contribution in [3.8, 4) is 11.1 Å². The van der Waals surface area contributed by atoms with Crippen LogP contribution >= 0.6 is 0 Å². The first-order valence-electron chi connectivity index (χ1n) is 12.7. The summed E-state index contributed by atoms with van der Waals surface area (Å²) >= 11 is 0. The van der Waals surface area contributed by atoms with Crippen LogP contribution in [0.1, 0.15) is 42.4 Å². The fraction of sp³-hybridized carbons (Fsp3) is 0.290. The van der Waals surface area contributed by atoms with Gasteiger partial charge in [0.25, 0.3) is 0 Å².